The van der Waals surface area contributed by atoms with Crippen molar-refractivity contribution in [3.05, 3.63) is 24.0 Å². The molecule has 0 spiro atoms. The van der Waals surface area contributed by atoms with E-state index in [1.807, 2.05) is 6.20 Å². The third-order valence-corrected chi connectivity index (χ3v) is 3.61. The number of nitrogens with zero attached hydrogens (tertiary/aromatic N) is 2. The minimum atomic E-state index is 0.0735. The topological polar surface area (TPSA) is 42.1 Å². The lowest BCUT2D eigenvalue weighted by atomic mass is 10.00. The Balaban J connectivity index is 2.06. The van der Waals surface area contributed by atoms with E-state index in [4.69, 9.17) is 5.73 Å². The largest absolute Gasteiger partial charge is 0.370 e. The first-order valence-electron chi connectivity index (χ1n) is 6.67. The number of nitrogens with two attached hydrogens (primary N) is 1. The van der Waals surface area contributed by atoms with Crippen LogP contribution in [0.3, 0.4) is 0 Å². The van der Waals surface area contributed by atoms with Crippen molar-refractivity contribution in [1.29, 1.82) is 0 Å². The highest BCUT2D eigenvalue weighted by molar-refractivity contribution is 5.45. The van der Waals surface area contributed by atoms with Crippen LogP contribution in [-0.2, 0) is 0 Å². The number of pyridine rings is 1. The molecule has 0 radical (unpaired) electrons. The van der Waals surface area contributed by atoms with Crippen LogP contribution in [0.1, 0.15) is 44.8 Å². The van der Waals surface area contributed by atoms with E-state index in [9.17, 15) is 0 Å². The second-order valence-corrected chi connectivity index (χ2v) is 5.15. The van der Waals surface area contributed by atoms with E-state index in [0.717, 1.165) is 31.1 Å². The van der Waals surface area contributed by atoms with Gasteiger partial charge in [-0.25, -0.2) is 0 Å². The normalized spacial score (nSPS) is 22.5. The van der Waals surface area contributed by atoms with Gasteiger partial charge in [-0.05, 0) is 37.3 Å². The molecule has 94 valence electrons. The molecule has 3 heteroatoms. The Morgan fingerprint density at radius 2 is 2.35 bits per heavy atom. The van der Waals surface area contributed by atoms with Crippen molar-refractivity contribution in [2.24, 2.45) is 11.7 Å². The minimum Gasteiger partial charge on any atom is -0.370 e. The molecule has 1 saturated heterocycles. The summed E-state index contributed by atoms with van der Waals surface area (Å²) in [4.78, 5) is 6.92. The maximum atomic E-state index is 5.97. The second kappa shape index (κ2) is 5.50. The Morgan fingerprint density at radius 1 is 1.53 bits per heavy atom. The van der Waals surface area contributed by atoms with Gasteiger partial charge in [0, 0.05) is 19.1 Å². The van der Waals surface area contributed by atoms with Gasteiger partial charge in [0.2, 0.25) is 0 Å². The fourth-order valence-corrected chi connectivity index (χ4v) is 2.44. The first-order chi connectivity index (χ1) is 8.20. The van der Waals surface area contributed by atoms with Crippen LogP contribution in [0.4, 0.5) is 5.69 Å². The van der Waals surface area contributed by atoms with Gasteiger partial charge in [0.05, 0.1) is 17.6 Å². The molecule has 2 unspecified atom stereocenters. The highest BCUT2D eigenvalue weighted by Crippen LogP contribution is 2.23. The van der Waals surface area contributed by atoms with Crippen LogP contribution >= 0.6 is 0 Å². The van der Waals surface area contributed by atoms with E-state index in [2.05, 4.69) is 35.9 Å². The lowest BCUT2D eigenvalue weighted by molar-refractivity contribution is 0.446. The van der Waals surface area contributed by atoms with Crippen LogP contribution < -0.4 is 10.6 Å². The van der Waals surface area contributed by atoms with Crippen LogP contribution in [0.25, 0.3) is 0 Å². The highest BCUT2D eigenvalue weighted by Gasteiger charge is 2.17. The molecule has 1 aliphatic rings. The zero-order valence-corrected chi connectivity index (χ0v) is 10.9. The van der Waals surface area contributed by atoms with Crippen LogP contribution in [0.2, 0.25) is 0 Å². The monoisotopic (exact) mass is 233 g/mol. The molecule has 2 heterocycles. The van der Waals surface area contributed by atoms with Crippen molar-refractivity contribution < 1.29 is 0 Å². The van der Waals surface area contributed by atoms with Crippen molar-refractivity contribution in [3.63, 3.8) is 0 Å². The van der Waals surface area contributed by atoms with E-state index < -0.39 is 0 Å². The predicted octanol–water partition coefficient (Wildman–Crippen LogP) is 2.73. The number of rotatable bonds is 3. The molecule has 2 N–H and O–H groups in total. The van der Waals surface area contributed by atoms with E-state index in [-0.39, 0.29) is 6.04 Å². The first-order valence-corrected chi connectivity index (χ1v) is 6.67. The molecule has 1 aromatic heterocycles. The molecule has 2 rings (SSSR count). The fraction of sp³-hybridized carbons (Fsp3) is 0.643. The molecule has 1 fully saturated rings. The van der Waals surface area contributed by atoms with Gasteiger partial charge in [-0.3, -0.25) is 4.98 Å². The van der Waals surface area contributed by atoms with Gasteiger partial charge in [-0.15, -0.1) is 0 Å². The molecule has 1 aliphatic heterocycles. The van der Waals surface area contributed by atoms with Gasteiger partial charge in [0.1, 0.15) is 0 Å². The molecular weight excluding hydrogens is 210 g/mol. The smallest absolute Gasteiger partial charge is 0.0572 e. The molecule has 0 aliphatic carbocycles. The SMILES string of the molecule is CCC(N)c1ccc(N2CCCC(C)C2)cn1. The molecule has 1 aromatic rings. The Kier molecular flexibility index (Phi) is 4.00. The minimum absolute atomic E-state index is 0.0735. The summed E-state index contributed by atoms with van der Waals surface area (Å²) in [6, 6.07) is 4.31. The molecule has 0 aromatic carbocycles. The van der Waals surface area contributed by atoms with Crippen LogP contribution in [-0.4, -0.2) is 18.1 Å². The molecule has 2 atom stereocenters. The van der Waals surface area contributed by atoms with Crippen molar-refractivity contribution in [2.45, 2.75) is 39.2 Å². The van der Waals surface area contributed by atoms with Gasteiger partial charge in [0.25, 0.3) is 0 Å². The number of hydrogen-bond donors (Lipinski definition) is 1. The van der Waals surface area contributed by atoms with Gasteiger partial charge in [0.15, 0.2) is 0 Å². The molecule has 17 heavy (non-hydrogen) atoms. The molecule has 0 saturated carbocycles. The van der Waals surface area contributed by atoms with Gasteiger partial charge in [-0.2, -0.15) is 0 Å². The quantitative estimate of drug-likeness (QED) is 0.873. The third kappa shape index (κ3) is 2.97. The van der Waals surface area contributed by atoms with Crippen molar-refractivity contribution in [1.82, 2.24) is 4.98 Å². The summed E-state index contributed by atoms with van der Waals surface area (Å²) < 4.78 is 0. The Bertz CT molecular complexity index is 347. The Labute approximate surface area is 104 Å². The standard InChI is InChI=1S/C14H23N3/c1-3-13(15)14-7-6-12(9-16-14)17-8-4-5-11(2)10-17/h6-7,9,11,13H,3-5,8,10,15H2,1-2H3. The molecular formula is C14H23N3. The lowest BCUT2D eigenvalue weighted by Crippen LogP contribution is -2.34. The molecule has 0 bridgehead atoms. The van der Waals surface area contributed by atoms with Gasteiger partial charge < -0.3 is 10.6 Å². The highest BCUT2D eigenvalue weighted by atomic mass is 15.1. The Hall–Kier alpha value is -1.09. The summed E-state index contributed by atoms with van der Waals surface area (Å²) in [5, 5.41) is 0. The number of hydrogen-bond acceptors (Lipinski definition) is 3. The van der Waals surface area contributed by atoms with Crippen molar-refractivity contribution in [2.75, 3.05) is 18.0 Å². The number of anilines is 1. The Morgan fingerprint density at radius 3 is 2.94 bits per heavy atom. The van der Waals surface area contributed by atoms with Crippen molar-refractivity contribution >= 4 is 5.69 Å². The van der Waals surface area contributed by atoms with Crippen LogP contribution in [0.15, 0.2) is 18.3 Å². The summed E-state index contributed by atoms with van der Waals surface area (Å²) in [5.41, 5.74) is 8.21. The number of piperidine rings is 1. The summed E-state index contributed by atoms with van der Waals surface area (Å²) in [7, 11) is 0. The average Bonchev–Trinajstić information content (AvgIpc) is 2.38. The summed E-state index contributed by atoms with van der Waals surface area (Å²) in [6.45, 7) is 6.72. The molecule has 0 amide bonds. The van der Waals surface area contributed by atoms with Crippen LogP contribution in [0, 0.1) is 5.92 Å². The maximum absolute atomic E-state index is 5.97. The average molecular weight is 233 g/mol. The summed E-state index contributed by atoms with van der Waals surface area (Å²) >= 11 is 0. The van der Waals surface area contributed by atoms with Crippen LogP contribution in [0.5, 0.6) is 0 Å². The third-order valence-electron chi connectivity index (χ3n) is 3.61. The van der Waals surface area contributed by atoms with Crippen molar-refractivity contribution in [3.8, 4) is 0 Å². The van der Waals surface area contributed by atoms with E-state index in [1.165, 1.54) is 18.5 Å². The lowest BCUT2D eigenvalue weighted by Gasteiger charge is -2.32. The summed E-state index contributed by atoms with van der Waals surface area (Å²) in [6.07, 6.45) is 5.55. The molecule has 3 nitrogen and oxygen atoms in total. The zero-order valence-electron chi connectivity index (χ0n) is 10.9. The summed E-state index contributed by atoms with van der Waals surface area (Å²) in [5.74, 6) is 0.793. The predicted molar refractivity (Wildman–Crippen MR) is 72.1 cm³/mol. The first kappa shape index (κ1) is 12.4. The van der Waals surface area contributed by atoms with Gasteiger partial charge >= 0.3 is 0 Å². The van der Waals surface area contributed by atoms with E-state index in [1.54, 1.807) is 0 Å². The van der Waals surface area contributed by atoms with E-state index >= 15 is 0 Å². The van der Waals surface area contributed by atoms with Gasteiger partial charge in [-0.1, -0.05) is 13.8 Å². The number of aromatic nitrogens is 1. The van der Waals surface area contributed by atoms with E-state index in [0.29, 0.717) is 0 Å². The second-order valence-electron chi connectivity index (χ2n) is 5.15. The fourth-order valence-electron chi connectivity index (χ4n) is 2.44. The zero-order chi connectivity index (χ0) is 12.3. The maximum Gasteiger partial charge on any atom is 0.0572 e.